The maximum absolute atomic E-state index is 9.60. The molecule has 0 fully saturated rings. The first kappa shape index (κ1) is 14.8. The molecule has 0 spiro atoms. The monoisotopic (exact) mass is 222 g/mol. The highest BCUT2D eigenvalue weighted by Gasteiger charge is 2.18. The van der Waals surface area contributed by atoms with Crippen molar-refractivity contribution in [2.24, 2.45) is 0 Å². The molecule has 0 rings (SSSR count). The van der Waals surface area contributed by atoms with Crippen molar-refractivity contribution < 1.29 is 24.4 Å². The summed E-state index contributed by atoms with van der Waals surface area (Å²) >= 11 is 0. The van der Waals surface area contributed by atoms with Gasteiger partial charge in [0.15, 0.2) is 0 Å². The number of aliphatic hydroxyl groups excluding tert-OH is 2. The average Bonchev–Trinajstić information content (AvgIpc) is 2.23. The van der Waals surface area contributed by atoms with Crippen LogP contribution in [-0.2, 0) is 14.2 Å². The molecular weight excluding hydrogens is 200 g/mol. The van der Waals surface area contributed by atoms with Crippen LogP contribution >= 0.6 is 0 Å². The van der Waals surface area contributed by atoms with E-state index in [0.717, 1.165) is 6.42 Å². The van der Waals surface area contributed by atoms with Crippen molar-refractivity contribution in [3.8, 4) is 0 Å². The summed E-state index contributed by atoms with van der Waals surface area (Å²) in [7, 11) is 3.15. The van der Waals surface area contributed by atoms with Crippen molar-refractivity contribution in [1.29, 1.82) is 0 Å². The van der Waals surface area contributed by atoms with Gasteiger partial charge in [-0.05, 0) is 12.8 Å². The molecule has 0 saturated heterocycles. The minimum atomic E-state index is -0.690. The van der Waals surface area contributed by atoms with Gasteiger partial charge in [0, 0.05) is 34.0 Å². The predicted molar refractivity (Wildman–Crippen MR) is 55.8 cm³/mol. The van der Waals surface area contributed by atoms with Crippen LogP contribution in [0.15, 0.2) is 0 Å². The number of hydrogen-bond acceptors (Lipinski definition) is 5. The lowest BCUT2D eigenvalue weighted by Crippen LogP contribution is -2.34. The number of aliphatic hydroxyl groups is 2. The zero-order valence-corrected chi connectivity index (χ0v) is 9.52. The van der Waals surface area contributed by atoms with Gasteiger partial charge in [-0.25, -0.2) is 0 Å². The van der Waals surface area contributed by atoms with Crippen molar-refractivity contribution in [3.05, 3.63) is 0 Å². The third kappa shape index (κ3) is 7.70. The van der Waals surface area contributed by atoms with E-state index in [2.05, 4.69) is 0 Å². The lowest BCUT2D eigenvalue weighted by atomic mass is 10.1. The molecule has 0 aromatic rings. The van der Waals surface area contributed by atoms with Gasteiger partial charge in [-0.1, -0.05) is 0 Å². The van der Waals surface area contributed by atoms with Gasteiger partial charge in [-0.3, -0.25) is 0 Å². The van der Waals surface area contributed by atoms with E-state index in [9.17, 15) is 5.11 Å². The Kier molecular flexibility index (Phi) is 10.2. The molecule has 15 heavy (non-hydrogen) atoms. The molecule has 0 aliphatic carbocycles. The first-order valence-electron chi connectivity index (χ1n) is 5.14. The summed E-state index contributed by atoms with van der Waals surface area (Å²) in [6.07, 6.45) is 0.131. The molecule has 92 valence electrons. The smallest absolute Gasteiger partial charge is 0.103 e. The number of ether oxygens (including phenoxy) is 3. The molecule has 2 atom stereocenters. The topological polar surface area (TPSA) is 68.2 Å². The maximum atomic E-state index is 9.60. The molecule has 0 amide bonds. The van der Waals surface area contributed by atoms with Crippen molar-refractivity contribution in [3.63, 3.8) is 0 Å². The summed E-state index contributed by atoms with van der Waals surface area (Å²) in [4.78, 5) is 0. The van der Waals surface area contributed by atoms with Crippen LogP contribution in [0.4, 0.5) is 0 Å². The van der Waals surface area contributed by atoms with Crippen LogP contribution in [0, 0.1) is 0 Å². The highest BCUT2D eigenvalue weighted by Crippen LogP contribution is 2.05. The van der Waals surface area contributed by atoms with Gasteiger partial charge in [-0.15, -0.1) is 0 Å². The van der Waals surface area contributed by atoms with Crippen molar-refractivity contribution in [2.75, 3.05) is 40.6 Å². The van der Waals surface area contributed by atoms with Gasteiger partial charge in [-0.2, -0.15) is 0 Å². The molecule has 0 aliphatic heterocycles. The molecule has 5 heteroatoms. The fourth-order valence-electron chi connectivity index (χ4n) is 1.23. The molecule has 0 aromatic carbocycles. The summed E-state index contributed by atoms with van der Waals surface area (Å²) in [5.74, 6) is 0. The van der Waals surface area contributed by atoms with Crippen molar-refractivity contribution >= 4 is 0 Å². The minimum absolute atomic E-state index is 0.00425. The SMILES string of the molecule is COCCCOC(CCO)C(O)COC. The molecule has 0 radical (unpaired) electrons. The average molecular weight is 222 g/mol. The molecule has 0 saturated carbocycles. The maximum Gasteiger partial charge on any atom is 0.103 e. The number of hydrogen-bond donors (Lipinski definition) is 2. The van der Waals surface area contributed by atoms with Gasteiger partial charge in [0.2, 0.25) is 0 Å². The van der Waals surface area contributed by atoms with Crippen LogP contribution in [0.25, 0.3) is 0 Å². The van der Waals surface area contributed by atoms with Gasteiger partial charge < -0.3 is 24.4 Å². The third-order valence-corrected chi connectivity index (χ3v) is 2.00. The van der Waals surface area contributed by atoms with E-state index in [1.54, 1.807) is 7.11 Å². The zero-order valence-electron chi connectivity index (χ0n) is 9.52. The summed E-state index contributed by atoms with van der Waals surface area (Å²) in [5.41, 5.74) is 0. The molecule has 2 N–H and O–H groups in total. The predicted octanol–water partition coefficient (Wildman–Crippen LogP) is -0.202. The first-order chi connectivity index (χ1) is 7.26. The fourth-order valence-corrected chi connectivity index (χ4v) is 1.23. The Bertz CT molecular complexity index is 131. The molecule has 2 unspecified atom stereocenters. The molecule has 5 nitrogen and oxygen atoms in total. The zero-order chi connectivity index (χ0) is 11.5. The van der Waals surface area contributed by atoms with Gasteiger partial charge >= 0.3 is 0 Å². The largest absolute Gasteiger partial charge is 0.396 e. The van der Waals surface area contributed by atoms with Gasteiger partial charge in [0.1, 0.15) is 6.10 Å². The van der Waals surface area contributed by atoms with E-state index in [1.807, 2.05) is 0 Å². The van der Waals surface area contributed by atoms with Crippen LogP contribution in [-0.4, -0.2) is 63.1 Å². The van der Waals surface area contributed by atoms with E-state index in [0.29, 0.717) is 19.6 Å². The van der Waals surface area contributed by atoms with Crippen LogP contribution in [0.5, 0.6) is 0 Å². The Morgan fingerprint density at radius 3 is 2.40 bits per heavy atom. The second-order valence-electron chi connectivity index (χ2n) is 3.29. The van der Waals surface area contributed by atoms with E-state index >= 15 is 0 Å². The third-order valence-electron chi connectivity index (χ3n) is 2.00. The Balaban J connectivity index is 3.71. The van der Waals surface area contributed by atoms with E-state index in [-0.39, 0.29) is 19.3 Å². The summed E-state index contributed by atoms with van der Waals surface area (Å²) < 4.78 is 15.1. The Morgan fingerprint density at radius 1 is 1.13 bits per heavy atom. The Hall–Kier alpha value is -0.200. The lowest BCUT2D eigenvalue weighted by Gasteiger charge is -2.22. The first-order valence-corrected chi connectivity index (χ1v) is 5.14. The van der Waals surface area contributed by atoms with Crippen LogP contribution in [0.2, 0.25) is 0 Å². The molecule has 0 aromatic heterocycles. The summed E-state index contributed by atoms with van der Waals surface area (Å²) in [6.45, 7) is 1.36. The Labute approximate surface area is 91.0 Å². The van der Waals surface area contributed by atoms with E-state index in [4.69, 9.17) is 19.3 Å². The van der Waals surface area contributed by atoms with Crippen LogP contribution < -0.4 is 0 Å². The minimum Gasteiger partial charge on any atom is -0.396 e. The number of methoxy groups -OCH3 is 2. The van der Waals surface area contributed by atoms with Gasteiger partial charge in [0.05, 0.1) is 12.7 Å². The molecular formula is C10H22O5. The number of rotatable bonds is 10. The lowest BCUT2D eigenvalue weighted by molar-refractivity contribution is -0.0755. The molecule has 0 bridgehead atoms. The van der Waals surface area contributed by atoms with E-state index < -0.39 is 6.10 Å². The second kappa shape index (κ2) is 10.3. The van der Waals surface area contributed by atoms with E-state index in [1.165, 1.54) is 7.11 Å². The fraction of sp³-hybridized carbons (Fsp3) is 1.00. The quantitative estimate of drug-likeness (QED) is 0.501. The highest BCUT2D eigenvalue weighted by molar-refractivity contribution is 4.68. The second-order valence-corrected chi connectivity index (χ2v) is 3.29. The standard InChI is InChI=1S/C10H22O5/c1-13-6-3-7-15-10(4-5-11)9(12)8-14-2/h9-12H,3-8H2,1-2H3. The summed E-state index contributed by atoms with van der Waals surface area (Å²) in [6, 6.07) is 0. The summed E-state index contributed by atoms with van der Waals surface area (Å²) in [5, 5.41) is 18.4. The Morgan fingerprint density at radius 2 is 1.87 bits per heavy atom. The highest BCUT2D eigenvalue weighted by atomic mass is 16.5. The molecule has 0 heterocycles. The van der Waals surface area contributed by atoms with Crippen molar-refractivity contribution in [1.82, 2.24) is 0 Å². The van der Waals surface area contributed by atoms with Gasteiger partial charge in [0.25, 0.3) is 0 Å². The molecule has 0 aliphatic rings. The van der Waals surface area contributed by atoms with Crippen LogP contribution in [0.1, 0.15) is 12.8 Å². The normalized spacial score (nSPS) is 15.2. The van der Waals surface area contributed by atoms with Crippen molar-refractivity contribution in [2.45, 2.75) is 25.0 Å². The van der Waals surface area contributed by atoms with Crippen LogP contribution in [0.3, 0.4) is 0 Å².